The zero-order valence-corrected chi connectivity index (χ0v) is 11.7. The first kappa shape index (κ1) is 12.6. The molecule has 2 aromatic rings. The second kappa shape index (κ2) is 4.59. The third-order valence-electron chi connectivity index (χ3n) is 2.95. The van der Waals surface area contributed by atoms with E-state index in [1.807, 2.05) is 0 Å². The number of nitrogens with two attached hydrogens (primary N) is 1. The molecule has 1 fully saturated rings. The number of hydrogen-bond donors (Lipinski definition) is 2. The molecule has 1 aromatic carbocycles. The molecule has 1 aliphatic carbocycles. The number of rotatable bonds is 4. The van der Waals surface area contributed by atoms with E-state index in [2.05, 4.69) is 15.7 Å². The van der Waals surface area contributed by atoms with Gasteiger partial charge < -0.3 is 5.32 Å². The molecule has 5 nitrogen and oxygen atoms in total. The van der Waals surface area contributed by atoms with Crippen LogP contribution in [0.3, 0.4) is 0 Å². The standard InChI is InChI=1S/C12H13N3O2S2/c13-19(16,17)10-5-3-9(4-6-10)14-12-15-11(7-18-12)8-1-2-8/h3-8H,1-2H2,(H,14,15)(H2,13,16,17). The summed E-state index contributed by atoms with van der Waals surface area (Å²) in [6, 6.07) is 6.32. The third kappa shape index (κ3) is 2.94. The quantitative estimate of drug-likeness (QED) is 0.907. The summed E-state index contributed by atoms with van der Waals surface area (Å²) in [5.74, 6) is 0.636. The summed E-state index contributed by atoms with van der Waals surface area (Å²) in [5.41, 5.74) is 1.94. The minimum Gasteiger partial charge on any atom is -0.332 e. The molecule has 3 N–H and O–H groups in total. The Labute approximate surface area is 115 Å². The first-order valence-corrected chi connectivity index (χ1v) is 8.30. The maximum Gasteiger partial charge on any atom is 0.238 e. The predicted octanol–water partition coefficient (Wildman–Crippen LogP) is 2.41. The molecule has 0 amide bonds. The highest BCUT2D eigenvalue weighted by atomic mass is 32.2. The lowest BCUT2D eigenvalue weighted by Crippen LogP contribution is -2.11. The van der Waals surface area contributed by atoms with E-state index < -0.39 is 10.0 Å². The SMILES string of the molecule is NS(=O)(=O)c1ccc(Nc2nc(C3CC3)cs2)cc1. The summed E-state index contributed by atoms with van der Waals surface area (Å²) in [7, 11) is -3.63. The largest absolute Gasteiger partial charge is 0.332 e. The number of primary sulfonamides is 1. The molecule has 7 heteroatoms. The van der Waals surface area contributed by atoms with Crippen LogP contribution in [-0.4, -0.2) is 13.4 Å². The number of benzene rings is 1. The van der Waals surface area contributed by atoms with Crippen LogP contribution in [0.15, 0.2) is 34.5 Å². The Kier molecular flexibility index (Phi) is 3.04. The monoisotopic (exact) mass is 295 g/mol. The van der Waals surface area contributed by atoms with Gasteiger partial charge in [-0.1, -0.05) is 0 Å². The van der Waals surface area contributed by atoms with E-state index >= 15 is 0 Å². The van der Waals surface area contributed by atoms with Gasteiger partial charge in [-0.05, 0) is 37.1 Å². The lowest BCUT2D eigenvalue weighted by Gasteiger charge is -2.03. The normalized spacial score (nSPS) is 15.4. The van der Waals surface area contributed by atoms with Crippen LogP contribution in [0, 0.1) is 0 Å². The van der Waals surface area contributed by atoms with Gasteiger partial charge in [-0.3, -0.25) is 0 Å². The second-order valence-corrected chi connectivity index (χ2v) is 6.97. The van der Waals surface area contributed by atoms with Gasteiger partial charge in [-0.15, -0.1) is 11.3 Å². The van der Waals surface area contributed by atoms with E-state index in [9.17, 15) is 8.42 Å². The fourth-order valence-electron chi connectivity index (χ4n) is 1.76. The van der Waals surface area contributed by atoms with Crippen LogP contribution in [0.4, 0.5) is 10.8 Å². The molecule has 0 bridgehead atoms. The molecule has 100 valence electrons. The van der Waals surface area contributed by atoms with Crippen molar-refractivity contribution in [1.29, 1.82) is 0 Å². The third-order valence-corrected chi connectivity index (χ3v) is 4.66. The summed E-state index contributed by atoms with van der Waals surface area (Å²) in [4.78, 5) is 4.61. The van der Waals surface area contributed by atoms with Crippen molar-refractivity contribution >= 4 is 32.2 Å². The first-order chi connectivity index (χ1) is 9.02. The van der Waals surface area contributed by atoms with Crippen molar-refractivity contribution in [2.45, 2.75) is 23.7 Å². The maximum absolute atomic E-state index is 11.1. The Balaban J connectivity index is 1.75. The van der Waals surface area contributed by atoms with E-state index in [0.717, 1.165) is 16.5 Å². The van der Waals surface area contributed by atoms with E-state index in [-0.39, 0.29) is 4.90 Å². The van der Waals surface area contributed by atoms with Crippen molar-refractivity contribution in [3.8, 4) is 0 Å². The molecule has 0 spiro atoms. The average molecular weight is 295 g/mol. The van der Waals surface area contributed by atoms with Crippen molar-refractivity contribution in [3.63, 3.8) is 0 Å². The molecule has 0 radical (unpaired) electrons. The van der Waals surface area contributed by atoms with E-state index in [0.29, 0.717) is 5.92 Å². The van der Waals surface area contributed by atoms with Gasteiger partial charge in [-0.25, -0.2) is 18.5 Å². The smallest absolute Gasteiger partial charge is 0.238 e. The summed E-state index contributed by atoms with van der Waals surface area (Å²) in [5, 5.41) is 11.1. The number of sulfonamides is 1. The topological polar surface area (TPSA) is 85.1 Å². The van der Waals surface area contributed by atoms with Crippen LogP contribution in [0.1, 0.15) is 24.5 Å². The van der Waals surface area contributed by atoms with Gasteiger partial charge >= 0.3 is 0 Å². The maximum atomic E-state index is 11.1. The lowest BCUT2D eigenvalue weighted by atomic mass is 10.3. The van der Waals surface area contributed by atoms with E-state index in [1.54, 1.807) is 23.5 Å². The van der Waals surface area contributed by atoms with Gasteiger partial charge in [0, 0.05) is 17.0 Å². The Morgan fingerprint density at radius 3 is 2.53 bits per heavy atom. The van der Waals surface area contributed by atoms with E-state index in [4.69, 9.17) is 5.14 Å². The Bertz CT molecular complexity index is 688. The Hall–Kier alpha value is -1.44. The van der Waals surface area contributed by atoms with Crippen LogP contribution in [0.2, 0.25) is 0 Å². The zero-order chi connectivity index (χ0) is 13.5. The van der Waals surface area contributed by atoms with Gasteiger partial charge in [0.05, 0.1) is 10.6 Å². The van der Waals surface area contributed by atoms with Gasteiger partial charge in [0.15, 0.2) is 5.13 Å². The molecule has 1 heterocycles. The molecular weight excluding hydrogens is 282 g/mol. The Morgan fingerprint density at radius 2 is 1.95 bits per heavy atom. The number of hydrogen-bond acceptors (Lipinski definition) is 5. The molecule has 19 heavy (non-hydrogen) atoms. The number of anilines is 2. The molecule has 1 aliphatic rings. The fourth-order valence-corrected chi connectivity index (χ4v) is 3.09. The highest BCUT2D eigenvalue weighted by Gasteiger charge is 2.26. The fraction of sp³-hybridized carbons (Fsp3) is 0.250. The summed E-state index contributed by atoms with van der Waals surface area (Å²) >= 11 is 1.56. The second-order valence-electron chi connectivity index (χ2n) is 4.55. The summed E-state index contributed by atoms with van der Waals surface area (Å²) < 4.78 is 22.3. The van der Waals surface area contributed by atoms with Gasteiger partial charge in [0.25, 0.3) is 0 Å². The highest BCUT2D eigenvalue weighted by molar-refractivity contribution is 7.89. The van der Waals surface area contributed by atoms with Crippen molar-refractivity contribution < 1.29 is 8.42 Å². The highest BCUT2D eigenvalue weighted by Crippen LogP contribution is 2.41. The average Bonchev–Trinajstić information content (AvgIpc) is 3.10. The van der Waals surface area contributed by atoms with Crippen LogP contribution < -0.4 is 10.5 Å². The van der Waals surface area contributed by atoms with Gasteiger partial charge in [-0.2, -0.15) is 0 Å². The van der Waals surface area contributed by atoms with Crippen LogP contribution in [-0.2, 0) is 10.0 Å². The molecule has 0 atom stereocenters. The minimum atomic E-state index is -3.63. The molecule has 1 aromatic heterocycles. The first-order valence-electron chi connectivity index (χ1n) is 5.88. The lowest BCUT2D eigenvalue weighted by molar-refractivity contribution is 0.598. The van der Waals surface area contributed by atoms with Crippen LogP contribution in [0.25, 0.3) is 0 Å². The number of nitrogens with zero attached hydrogens (tertiary/aromatic N) is 1. The molecule has 0 aliphatic heterocycles. The van der Waals surface area contributed by atoms with E-state index in [1.165, 1.54) is 25.0 Å². The van der Waals surface area contributed by atoms with Crippen molar-refractivity contribution in [1.82, 2.24) is 4.98 Å². The number of nitrogens with one attached hydrogen (secondary N) is 1. The minimum absolute atomic E-state index is 0.107. The molecular formula is C12H13N3O2S2. The number of aromatic nitrogens is 1. The molecule has 0 saturated heterocycles. The number of thiazole rings is 1. The molecule has 0 unspecified atom stereocenters. The van der Waals surface area contributed by atoms with Crippen LogP contribution >= 0.6 is 11.3 Å². The summed E-state index contributed by atoms with van der Waals surface area (Å²) in [6.45, 7) is 0. The van der Waals surface area contributed by atoms with Crippen molar-refractivity contribution in [2.75, 3.05) is 5.32 Å². The molecule has 1 saturated carbocycles. The van der Waals surface area contributed by atoms with Crippen molar-refractivity contribution in [3.05, 3.63) is 35.3 Å². The van der Waals surface area contributed by atoms with Crippen LogP contribution in [0.5, 0.6) is 0 Å². The molecule has 3 rings (SSSR count). The van der Waals surface area contributed by atoms with Gasteiger partial charge in [0.2, 0.25) is 10.0 Å². The Morgan fingerprint density at radius 1 is 1.26 bits per heavy atom. The zero-order valence-electron chi connectivity index (χ0n) is 10.0. The van der Waals surface area contributed by atoms with Crippen molar-refractivity contribution in [2.24, 2.45) is 5.14 Å². The summed E-state index contributed by atoms with van der Waals surface area (Å²) in [6.07, 6.45) is 2.46. The predicted molar refractivity (Wildman–Crippen MR) is 75.2 cm³/mol. The van der Waals surface area contributed by atoms with Gasteiger partial charge in [0.1, 0.15) is 0 Å².